The molecule has 0 spiro atoms. The van der Waals surface area contributed by atoms with Crippen molar-refractivity contribution in [2.45, 2.75) is 19.8 Å². The monoisotopic (exact) mass is 338 g/mol. The maximum absolute atomic E-state index is 12.5. The summed E-state index contributed by atoms with van der Waals surface area (Å²) in [6, 6.07) is 10.7. The van der Waals surface area contributed by atoms with E-state index in [1.165, 1.54) is 6.20 Å². The van der Waals surface area contributed by atoms with Gasteiger partial charge in [0.15, 0.2) is 5.65 Å². The second-order valence-corrected chi connectivity index (χ2v) is 5.82. The van der Waals surface area contributed by atoms with E-state index in [9.17, 15) is 14.7 Å². The number of nitrogens with one attached hydrogen (secondary N) is 1. The van der Waals surface area contributed by atoms with Crippen LogP contribution in [0, 0.1) is 13.8 Å². The molecule has 0 aliphatic carbocycles. The summed E-state index contributed by atoms with van der Waals surface area (Å²) in [7, 11) is 0. The molecule has 7 nitrogen and oxygen atoms in total. The lowest BCUT2D eigenvalue weighted by Crippen LogP contribution is -2.32. The Morgan fingerprint density at radius 1 is 1.24 bits per heavy atom. The van der Waals surface area contributed by atoms with E-state index >= 15 is 0 Å². The number of nitrogens with zero attached hydrogens (tertiary/aromatic N) is 3. The number of amides is 1. The zero-order chi connectivity index (χ0) is 18.0. The summed E-state index contributed by atoms with van der Waals surface area (Å²) in [5.74, 6) is -2.17. The molecule has 1 unspecified atom stereocenters. The number of aromatic nitrogens is 3. The zero-order valence-electron chi connectivity index (χ0n) is 13.9. The predicted molar refractivity (Wildman–Crippen MR) is 91.6 cm³/mol. The molecule has 0 fully saturated rings. The number of carbonyl (C=O) groups is 2. The molecule has 1 aromatic carbocycles. The summed E-state index contributed by atoms with van der Waals surface area (Å²) in [6.07, 6.45) is 1.49. The molecule has 2 aromatic heterocycles. The molecule has 3 rings (SSSR count). The molecule has 0 bridgehead atoms. The van der Waals surface area contributed by atoms with Gasteiger partial charge in [0.1, 0.15) is 0 Å². The molecule has 1 amide bonds. The molecular weight excluding hydrogens is 320 g/mol. The summed E-state index contributed by atoms with van der Waals surface area (Å²) < 4.78 is 1.61. The maximum atomic E-state index is 12.5. The van der Waals surface area contributed by atoms with E-state index in [1.807, 2.05) is 19.1 Å². The molecule has 2 N–H and O–H groups in total. The van der Waals surface area contributed by atoms with Crippen LogP contribution in [0.4, 0.5) is 0 Å². The van der Waals surface area contributed by atoms with Gasteiger partial charge < -0.3 is 10.4 Å². The van der Waals surface area contributed by atoms with Gasteiger partial charge in [0.2, 0.25) is 0 Å². The largest absolute Gasteiger partial charge is 0.481 e. The van der Waals surface area contributed by atoms with Crippen LogP contribution < -0.4 is 5.32 Å². The lowest BCUT2D eigenvalue weighted by atomic mass is 9.99. The Hall–Kier alpha value is -3.22. The highest BCUT2D eigenvalue weighted by Gasteiger charge is 2.21. The Bertz CT molecular complexity index is 934. The van der Waals surface area contributed by atoms with Crippen LogP contribution in [-0.4, -0.2) is 38.1 Å². The van der Waals surface area contributed by atoms with Crippen molar-refractivity contribution in [3.05, 3.63) is 65.1 Å². The van der Waals surface area contributed by atoms with Gasteiger partial charge in [0, 0.05) is 18.8 Å². The number of hydrogen-bond donors (Lipinski definition) is 2. The van der Waals surface area contributed by atoms with Crippen LogP contribution >= 0.6 is 0 Å². The van der Waals surface area contributed by atoms with Gasteiger partial charge in [-0.25, -0.2) is 9.50 Å². The molecule has 1 atom stereocenters. The van der Waals surface area contributed by atoms with Crippen LogP contribution in [0.5, 0.6) is 0 Å². The van der Waals surface area contributed by atoms with E-state index in [-0.39, 0.29) is 12.5 Å². The fourth-order valence-electron chi connectivity index (χ4n) is 2.71. The number of aliphatic carboxylic acids is 1. The normalized spacial score (nSPS) is 12.1. The first kappa shape index (κ1) is 16.6. The molecule has 3 aromatic rings. The molecule has 0 aliphatic rings. The molecule has 0 radical (unpaired) electrons. The second-order valence-electron chi connectivity index (χ2n) is 5.82. The van der Waals surface area contributed by atoms with E-state index in [4.69, 9.17) is 0 Å². The second kappa shape index (κ2) is 6.72. The Balaban J connectivity index is 1.80. The van der Waals surface area contributed by atoms with E-state index in [0.717, 1.165) is 5.69 Å². The standard InChI is InChI=1S/C18H18N4O3/c1-11-8-16-19-9-14(12(2)22(16)21-11)17(23)20-10-15(18(24)25)13-6-4-3-5-7-13/h3-9,15H,10H2,1-2H3,(H,20,23)(H,24,25). The topological polar surface area (TPSA) is 96.6 Å². The zero-order valence-corrected chi connectivity index (χ0v) is 13.9. The van der Waals surface area contributed by atoms with Gasteiger partial charge >= 0.3 is 5.97 Å². The highest BCUT2D eigenvalue weighted by molar-refractivity contribution is 5.95. The van der Waals surface area contributed by atoms with Crippen molar-refractivity contribution in [2.24, 2.45) is 0 Å². The minimum absolute atomic E-state index is 0.00616. The number of carboxylic acids is 1. The first-order chi connectivity index (χ1) is 12.0. The van der Waals surface area contributed by atoms with Gasteiger partial charge in [-0.2, -0.15) is 5.10 Å². The quantitative estimate of drug-likeness (QED) is 0.741. The van der Waals surface area contributed by atoms with E-state index in [2.05, 4.69) is 15.4 Å². The molecular formula is C18H18N4O3. The van der Waals surface area contributed by atoms with Crippen molar-refractivity contribution < 1.29 is 14.7 Å². The molecule has 2 heterocycles. The van der Waals surface area contributed by atoms with Crippen molar-refractivity contribution in [1.82, 2.24) is 19.9 Å². The SMILES string of the molecule is Cc1cc2ncc(C(=O)NCC(C(=O)O)c3ccccc3)c(C)n2n1. The third-order valence-electron chi connectivity index (χ3n) is 4.06. The van der Waals surface area contributed by atoms with Crippen molar-refractivity contribution in [1.29, 1.82) is 0 Å². The number of aryl methyl sites for hydroxylation is 2. The van der Waals surface area contributed by atoms with Gasteiger partial charge in [-0.1, -0.05) is 30.3 Å². The van der Waals surface area contributed by atoms with Crippen LogP contribution in [0.25, 0.3) is 5.65 Å². The molecule has 128 valence electrons. The van der Waals surface area contributed by atoms with Crippen molar-refractivity contribution in [3.8, 4) is 0 Å². The Labute approximate surface area is 144 Å². The molecule has 0 saturated carbocycles. The van der Waals surface area contributed by atoms with Gasteiger partial charge in [-0.15, -0.1) is 0 Å². The van der Waals surface area contributed by atoms with Crippen LogP contribution in [0.15, 0.2) is 42.6 Å². The van der Waals surface area contributed by atoms with Crippen molar-refractivity contribution in [3.63, 3.8) is 0 Å². The first-order valence-electron chi connectivity index (χ1n) is 7.85. The Morgan fingerprint density at radius 3 is 2.64 bits per heavy atom. The minimum atomic E-state index is -0.987. The lowest BCUT2D eigenvalue weighted by Gasteiger charge is -2.14. The minimum Gasteiger partial charge on any atom is -0.481 e. The van der Waals surface area contributed by atoms with Crippen LogP contribution in [0.2, 0.25) is 0 Å². The number of hydrogen-bond acceptors (Lipinski definition) is 4. The smallest absolute Gasteiger partial charge is 0.312 e. The number of fused-ring (bicyclic) bond motifs is 1. The molecule has 7 heteroatoms. The van der Waals surface area contributed by atoms with Crippen molar-refractivity contribution >= 4 is 17.5 Å². The molecule has 0 aliphatic heterocycles. The number of benzene rings is 1. The van der Waals surface area contributed by atoms with Gasteiger partial charge in [0.05, 0.1) is 22.9 Å². The number of carbonyl (C=O) groups excluding carboxylic acids is 1. The summed E-state index contributed by atoms with van der Waals surface area (Å²) in [6.45, 7) is 3.63. The summed E-state index contributed by atoms with van der Waals surface area (Å²) in [5, 5.41) is 16.4. The molecule has 25 heavy (non-hydrogen) atoms. The van der Waals surface area contributed by atoms with E-state index in [1.54, 1.807) is 35.7 Å². The average molecular weight is 338 g/mol. The third-order valence-corrected chi connectivity index (χ3v) is 4.06. The lowest BCUT2D eigenvalue weighted by molar-refractivity contribution is -0.138. The molecule has 0 saturated heterocycles. The maximum Gasteiger partial charge on any atom is 0.312 e. The van der Waals surface area contributed by atoms with Gasteiger partial charge in [0.25, 0.3) is 5.91 Å². The van der Waals surface area contributed by atoms with Crippen LogP contribution in [-0.2, 0) is 4.79 Å². The fourth-order valence-corrected chi connectivity index (χ4v) is 2.71. The van der Waals surface area contributed by atoms with E-state index < -0.39 is 11.9 Å². The summed E-state index contributed by atoms with van der Waals surface area (Å²) in [4.78, 5) is 28.2. The Kier molecular flexibility index (Phi) is 4.47. The van der Waals surface area contributed by atoms with Gasteiger partial charge in [-0.05, 0) is 19.4 Å². The number of carboxylic acid groups (broad SMARTS) is 1. The average Bonchev–Trinajstić information content (AvgIpc) is 2.97. The van der Waals surface area contributed by atoms with Crippen LogP contribution in [0.3, 0.4) is 0 Å². The van der Waals surface area contributed by atoms with Crippen LogP contribution in [0.1, 0.15) is 33.2 Å². The van der Waals surface area contributed by atoms with Gasteiger partial charge in [-0.3, -0.25) is 9.59 Å². The highest BCUT2D eigenvalue weighted by atomic mass is 16.4. The van der Waals surface area contributed by atoms with E-state index in [0.29, 0.717) is 22.5 Å². The highest BCUT2D eigenvalue weighted by Crippen LogP contribution is 2.16. The summed E-state index contributed by atoms with van der Waals surface area (Å²) >= 11 is 0. The van der Waals surface area contributed by atoms with Crippen molar-refractivity contribution in [2.75, 3.05) is 6.54 Å². The predicted octanol–water partition coefficient (Wildman–Crippen LogP) is 1.94. The third kappa shape index (κ3) is 3.35. The Morgan fingerprint density at radius 2 is 1.96 bits per heavy atom. The summed E-state index contributed by atoms with van der Waals surface area (Å²) in [5.41, 5.74) is 3.14. The first-order valence-corrected chi connectivity index (χ1v) is 7.85. The number of rotatable bonds is 5. The fraction of sp³-hybridized carbons (Fsp3) is 0.222.